The number of phenols is 1. The normalized spacial score (nSPS) is 18.1. The van der Waals surface area contributed by atoms with Gasteiger partial charge in [-0.2, -0.15) is 0 Å². The second kappa shape index (κ2) is 6.31. The molecule has 0 saturated carbocycles. The summed E-state index contributed by atoms with van der Waals surface area (Å²) in [7, 11) is 0. The van der Waals surface area contributed by atoms with E-state index in [-0.39, 0.29) is 17.3 Å². The molecule has 0 heterocycles. The van der Waals surface area contributed by atoms with Crippen molar-refractivity contribution in [3.05, 3.63) is 45.7 Å². The molecule has 0 radical (unpaired) electrons. The molecule has 1 aliphatic carbocycles. The molecule has 0 bridgehead atoms. The number of phenolic OH excluding ortho intramolecular Hbond substituents is 1. The van der Waals surface area contributed by atoms with Crippen molar-refractivity contribution in [2.24, 2.45) is 11.3 Å². The minimum atomic E-state index is -0.0338. The lowest BCUT2D eigenvalue weighted by Crippen LogP contribution is -2.23. The summed E-state index contributed by atoms with van der Waals surface area (Å²) in [5.41, 5.74) is 5.73. The second-order valence-corrected chi connectivity index (χ2v) is 8.44. The fourth-order valence-electron chi connectivity index (χ4n) is 3.64. The van der Waals surface area contributed by atoms with E-state index in [1.165, 1.54) is 0 Å². The van der Waals surface area contributed by atoms with Gasteiger partial charge in [-0.05, 0) is 54.2 Å². The summed E-state index contributed by atoms with van der Waals surface area (Å²) >= 11 is 0. The summed E-state index contributed by atoms with van der Waals surface area (Å²) in [6.45, 7) is 16.9. The third kappa shape index (κ3) is 2.99. The standard InChI is InChI=1S/C22H32O2/c1-12(2)16-10-9-14(5)18(20(16)23)19-15(6)22(7,8)11-17(13(3)4)21(19)24/h9-10,12-13,23-24H,11H2,1-8H3. The van der Waals surface area contributed by atoms with Gasteiger partial charge >= 0.3 is 0 Å². The van der Waals surface area contributed by atoms with Crippen LogP contribution in [0.4, 0.5) is 0 Å². The van der Waals surface area contributed by atoms with Gasteiger partial charge in [0, 0.05) is 11.1 Å². The SMILES string of the molecule is CC1=C(c2c(C)ccc(C(C)C)c2O)C(O)=C(C(C)C)CC1(C)C. The van der Waals surface area contributed by atoms with Crippen molar-refractivity contribution in [1.82, 2.24) is 0 Å². The number of hydrogen-bond donors (Lipinski definition) is 2. The third-order valence-corrected chi connectivity index (χ3v) is 5.55. The van der Waals surface area contributed by atoms with Gasteiger partial charge in [-0.1, -0.05) is 59.2 Å². The second-order valence-electron chi connectivity index (χ2n) is 8.44. The van der Waals surface area contributed by atoms with E-state index in [1.807, 2.05) is 13.0 Å². The van der Waals surface area contributed by atoms with Crippen molar-refractivity contribution in [2.45, 2.75) is 67.7 Å². The Morgan fingerprint density at radius 2 is 1.54 bits per heavy atom. The summed E-state index contributed by atoms with van der Waals surface area (Å²) in [6, 6.07) is 4.04. The zero-order valence-corrected chi connectivity index (χ0v) is 16.4. The summed E-state index contributed by atoms with van der Waals surface area (Å²) in [5, 5.41) is 22.0. The summed E-state index contributed by atoms with van der Waals surface area (Å²) in [4.78, 5) is 0. The molecule has 0 aliphatic heterocycles. The Labute approximate surface area is 146 Å². The number of aromatic hydroxyl groups is 1. The number of hydrogen-bond acceptors (Lipinski definition) is 2. The number of aliphatic hydroxyl groups is 1. The van der Waals surface area contributed by atoms with Gasteiger partial charge in [-0.3, -0.25) is 0 Å². The van der Waals surface area contributed by atoms with Gasteiger partial charge in [0.05, 0.1) is 0 Å². The van der Waals surface area contributed by atoms with Gasteiger partial charge in [0.25, 0.3) is 0 Å². The van der Waals surface area contributed by atoms with Crippen molar-refractivity contribution >= 4 is 5.57 Å². The fourth-order valence-corrected chi connectivity index (χ4v) is 3.64. The van der Waals surface area contributed by atoms with Crippen molar-refractivity contribution in [2.75, 3.05) is 0 Å². The molecule has 2 heteroatoms. The molecule has 0 atom stereocenters. The van der Waals surface area contributed by atoms with Crippen LogP contribution in [0.15, 0.2) is 29.0 Å². The number of benzene rings is 1. The zero-order chi connectivity index (χ0) is 18.4. The Hall–Kier alpha value is -1.70. The van der Waals surface area contributed by atoms with E-state index in [1.54, 1.807) is 0 Å². The Morgan fingerprint density at radius 1 is 0.958 bits per heavy atom. The molecule has 0 fully saturated rings. The lowest BCUT2D eigenvalue weighted by atomic mass is 9.68. The molecular formula is C22H32O2. The molecule has 1 aromatic rings. The van der Waals surface area contributed by atoms with Crippen LogP contribution < -0.4 is 0 Å². The van der Waals surface area contributed by atoms with Crippen LogP contribution in [-0.4, -0.2) is 10.2 Å². The van der Waals surface area contributed by atoms with E-state index in [4.69, 9.17) is 0 Å². The van der Waals surface area contributed by atoms with Crippen LogP contribution in [0.25, 0.3) is 5.57 Å². The fraction of sp³-hybridized carbons (Fsp3) is 0.545. The van der Waals surface area contributed by atoms with Gasteiger partial charge in [0.15, 0.2) is 0 Å². The Balaban J connectivity index is 2.85. The van der Waals surface area contributed by atoms with Crippen LogP contribution in [0.1, 0.15) is 77.5 Å². The van der Waals surface area contributed by atoms with Gasteiger partial charge in [0.2, 0.25) is 0 Å². The number of aliphatic hydroxyl groups excluding tert-OH is 1. The highest BCUT2D eigenvalue weighted by Crippen LogP contribution is 2.50. The Bertz CT molecular complexity index is 716. The number of rotatable bonds is 3. The van der Waals surface area contributed by atoms with Gasteiger partial charge in [0.1, 0.15) is 11.5 Å². The Morgan fingerprint density at radius 3 is 2.04 bits per heavy atom. The molecular weight excluding hydrogens is 296 g/mol. The molecule has 2 N–H and O–H groups in total. The molecule has 1 aliphatic rings. The van der Waals surface area contributed by atoms with Gasteiger partial charge in [-0.15, -0.1) is 0 Å². The first-order chi connectivity index (χ1) is 11.0. The molecule has 2 nitrogen and oxygen atoms in total. The first-order valence-corrected chi connectivity index (χ1v) is 8.95. The van der Waals surface area contributed by atoms with Crippen molar-refractivity contribution < 1.29 is 10.2 Å². The molecule has 24 heavy (non-hydrogen) atoms. The van der Waals surface area contributed by atoms with E-state index >= 15 is 0 Å². The van der Waals surface area contributed by atoms with E-state index < -0.39 is 0 Å². The molecule has 1 aromatic carbocycles. The van der Waals surface area contributed by atoms with Crippen molar-refractivity contribution in [3.8, 4) is 5.75 Å². The van der Waals surface area contributed by atoms with Crippen LogP contribution in [0.2, 0.25) is 0 Å². The van der Waals surface area contributed by atoms with Crippen LogP contribution in [-0.2, 0) is 0 Å². The van der Waals surface area contributed by atoms with Crippen molar-refractivity contribution in [3.63, 3.8) is 0 Å². The van der Waals surface area contributed by atoms with Gasteiger partial charge in [-0.25, -0.2) is 0 Å². The lowest BCUT2D eigenvalue weighted by Gasteiger charge is -2.37. The first-order valence-electron chi connectivity index (χ1n) is 8.95. The number of aryl methyl sites for hydroxylation is 1. The van der Waals surface area contributed by atoms with Crippen LogP contribution in [0.5, 0.6) is 5.75 Å². The quantitative estimate of drug-likeness (QED) is 0.665. The van der Waals surface area contributed by atoms with Gasteiger partial charge < -0.3 is 10.2 Å². The zero-order valence-electron chi connectivity index (χ0n) is 16.4. The highest BCUT2D eigenvalue weighted by Gasteiger charge is 2.35. The topological polar surface area (TPSA) is 40.5 Å². The maximum Gasteiger partial charge on any atom is 0.127 e. The third-order valence-electron chi connectivity index (χ3n) is 5.55. The van der Waals surface area contributed by atoms with E-state index in [0.717, 1.165) is 39.8 Å². The molecule has 0 saturated heterocycles. The molecule has 0 spiro atoms. The van der Waals surface area contributed by atoms with Crippen molar-refractivity contribution in [1.29, 1.82) is 0 Å². The van der Waals surface area contributed by atoms with Crippen LogP contribution in [0, 0.1) is 18.3 Å². The van der Waals surface area contributed by atoms with E-state index in [0.29, 0.717) is 11.5 Å². The smallest absolute Gasteiger partial charge is 0.127 e. The molecule has 0 aromatic heterocycles. The maximum absolute atomic E-state index is 11.0. The summed E-state index contributed by atoms with van der Waals surface area (Å²) in [5.74, 6) is 1.19. The Kier molecular flexibility index (Phi) is 4.90. The predicted octanol–water partition coefficient (Wildman–Crippen LogP) is 6.50. The molecule has 0 amide bonds. The summed E-state index contributed by atoms with van der Waals surface area (Å²) in [6.07, 6.45) is 0.857. The number of allylic oxidation sites excluding steroid dienone is 3. The van der Waals surface area contributed by atoms with Crippen LogP contribution in [0.3, 0.4) is 0 Å². The average molecular weight is 328 g/mol. The lowest BCUT2D eigenvalue weighted by molar-refractivity contribution is 0.360. The largest absolute Gasteiger partial charge is 0.507 e. The average Bonchev–Trinajstić information content (AvgIpc) is 2.45. The minimum absolute atomic E-state index is 0.0338. The van der Waals surface area contributed by atoms with Crippen LogP contribution >= 0.6 is 0 Å². The van der Waals surface area contributed by atoms with E-state index in [9.17, 15) is 10.2 Å². The summed E-state index contributed by atoms with van der Waals surface area (Å²) < 4.78 is 0. The minimum Gasteiger partial charge on any atom is -0.507 e. The molecule has 0 unspecified atom stereocenters. The maximum atomic E-state index is 11.0. The highest BCUT2D eigenvalue weighted by molar-refractivity contribution is 5.87. The predicted molar refractivity (Wildman–Crippen MR) is 102 cm³/mol. The molecule has 2 rings (SSSR count). The first kappa shape index (κ1) is 18.6. The molecule has 132 valence electrons. The highest BCUT2D eigenvalue weighted by atomic mass is 16.3. The van der Waals surface area contributed by atoms with E-state index in [2.05, 4.69) is 54.5 Å². The monoisotopic (exact) mass is 328 g/mol.